The van der Waals surface area contributed by atoms with Gasteiger partial charge in [0.25, 0.3) is 0 Å². The molecule has 5 heteroatoms. The lowest BCUT2D eigenvalue weighted by Gasteiger charge is -2.22. The Morgan fingerprint density at radius 2 is 1.68 bits per heavy atom. The van der Waals surface area contributed by atoms with Gasteiger partial charge in [-0.15, -0.1) is 0 Å². The first-order valence-corrected chi connectivity index (χ1v) is 5.97. The molecule has 0 fully saturated rings. The second-order valence-electron chi connectivity index (χ2n) is 4.29. The van der Waals surface area contributed by atoms with Crippen LogP contribution in [0.2, 0.25) is 5.02 Å². The standard InChI is InChI=1S/C14H10ClF3O/c1-8-12(14(16,17)18)7-6-11(13(8)19)9-2-4-10(15)5-3-9/h2-8H,1H3. The number of allylic oxidation sites excluding steroid dienone is 4. The predicted molar refractivity (Wildman–Crippen MR) is 67.7 cm³/mol. The highest BCUT2D eigenvalue weighted by Crippen LogP contribution is 2.37. The van der Waals surface area contributed by atoms with E-state index < -0.39 is 23.5 Å². The number of hydrogen-bond acceptors (Lipinski definition) is 1. The summed E-state index contributed by atoms with van der Waals surface area (Å²) in [5.74, 6) is -1.71. The predicted octanol–water partition coefficient (Wildman–Crippen LogP) is 4.43. The minimum absolute atomic E-state index is 0.275. The van der Waals surface area contributed by atoms with Crippen molar-refractivity contribution in [2.75, 3.05) is 0 Å². The number of hydrogen-bond donors (Lipinski definition) is 0. The lowest BCUT2D eigenvalue weighted by atomic mass is 9.84. The highest BCUT2D eigenvalue weighted by molar-refractivity contribution is 6.30. The minimum Gasteiger partial charge on any atom is -0.293 e. The van der Waals surface area contributed by atoms with Crippen LogP contribution < -0.4 is 0 Å². The molecule has 1 atom stereocenters. The third kappa shape index (κ3) is 2.73. The van der Waals surface area contributed by atoms with Crippen LogP contribution in [0, 0.1) is 5.92 Å². The monoisotopic (exact) mass is 286 g/mol. The van der Waals surface area contributed by atoms with Crippen LogP contribution in [0.1, 0.15) is 12.5 Å². The zero-order valence-corrected chi connectivity index (χ0v) is 10.7. The molecular formula is C14H10ClF3O. The highest BCUT2D eigenvalue weighted by Gasteiger charge is 2.41. The Morgan fingerprint density at radius 1 is 1.11 bits per heavy atom. The van der Waals surface area contributed by atoms with Gasteiger partial charge in [0.05, 0.1) is 0 Å². The molecule has 0 amide bonds. The Morgan fingerprint density at radius 3 is 2.21 bits per heavy atom. The van der Waals surface area contributed by atoms with Gasteiger partial charge in [-0.25, -0.2) is 0 Å². The zero-order chi connectivity index (χ0) is 14.2. The van der Waals surface area contributed by atoms with E-state index in [-0.39, 0.29) is 5.57 Å². The van der Waals surface area contributed by atoms with Gasteiger partial charge in [-0.1, -0.05) is 42.8 Å². The highest BCUT2D eigenvalue weighted by atomic mass is 35.5. The molecule has 2 rings (SSSR count). The molecule has 0 aromatic heterocycles. The molecule has 0 spiro atoms. The first-order valence-electron chi connectivity index (χ1n) is 5.60. The quantitative estimate of drug-likeness (QED) is 0.746. The van der Waals surface area contributed by atoms with Gasteiger partial charge in [-0.2, -0.15) is 13.2 Å². The molecule has 1 aliphatic rings. The molecule has 0 radical (unpaired) electrons. The lowest BCUT2D eigenvalue weighted by Crippen LogP contribution is -2.27. The number of ketones is 1. The number of alkyl halides is 3. The summed E-state index contributed by atoms with van der Waals surface area (Å²) in [6.07, 6.45) is -2.29. The molecule has 100 valence electrons. The summed E-state index contributed by atoms with van der Waals surface area (Å²) < 4.78 is 38.0. The average Bonchev–Trinajstić information content (AvgIpc) is 2.32. The van der Waals surface area contributed by atoms with E-state index >= 15 is 0 Å². The Kier molecular flexibility index (Phi) is 3.54. The van der Waals surface area contributed by atoms with Crippen LogP contribution in [0.4, 0.5) is 13.2 Å². The molecule has 0 bridgehead atoms. The summed E-state index contributed by atoms with van der Waals surface area (Å²) in [4.78, 5) is 12.0. The third-order valence-corrected chi connectivity index (χ3v) is 3.29. The van der Waals surface area contributed by atoms with E-state index in [4.69, 9.17) is 11.6 Å². The molecule has 0 heterocycles. The van der Waals surface area contributed by atoms with Crippen molar-refractivity contribution < 1.29 is 18.0 Å². The molecule has 0 aliphatic heterocycles. The molecule has 0 N–H and O–H groups in total. The van der Waals surface area contributed by atoms with Gasteiger partial charge in [0, 0.05) is 22.1 Å². The van der Waals surface area contributed by atoms with Gasteiger partial charge >= 0.3 is 6.18 Å². The van der Waals surface area contributed by atoms with E-state index in [0.29, 0.717) is 10.6 Å². The molecule has 0 saturated carbocycles. The minimum atomic E-state index is -4.48. The van der Waals surface area contributed by atoms with Crippen LogP contribution in [0.25, 0.3) is 5.57 Å². The van der Waals surface area contributed by atoms with Crippen molar-refractivity contribution in [2.45, 2.75) is 13.1 Å². The van der Waals surface area contributed by atoms with Crippen LogP contribution in [0.15, 0.2) is 42.0 Å². The summed E-state index contributed by atoms with van der Waals surface area (Å²) in [5, 5.41) is 0.507. The van der Waals surface area contributed by atoms with E-state index in [0.717, 1.165) is 6.08 Å². The van der Waals surface area contributed by atoms with Gasteiger partial charge in [0.2, 0.25) is 0 Å². The number of carbonyl (C=O) groups is 1. The number of rotatable bonds is 1. The molecule has 1 unspecified atom stereocenters. The van der Waals surface area contributed by atoms with Crippen molar-refractivity contribution in [3.8, 4) is 0 Å². The van der Waals surface area contributed by atoms with Gasteiger partial charge in [-0.05, 0) is 17.7 Å². The maximum atomic E-state index is 12.7. The normalized spacial score (nSPS) is 20.1. The van der Waals surface area contributed by atoms with Crippen molar-refractivity contribution in [1.82, 2.24) is 0 Å². The van der Waals surface area contributed by atoms with Crippen molar-refractivity contribution >= 4 is 23.0 Å². The zero-order valence-electron chi connectivity index (χ0n) is 9.96. The van der Waals surface area contributed by atoms with Crippen molar-refractivity contribution in [3.05, 3.63) is 52.6 Å². The first kappa shape index (κ1) is 13.9. The second-order valence-corrected chi connectivity index (χ2v) is 4.73. The molecule has 1 aromatic rings. The summed E-state index contributed by atoms with van der Waals surface area (Å²) in [7, 11) is 0. The Labute approximate surface area is 113 Å². The number of benzene rings is 1. The first-order chi connectivity index (χ1) is 8.80. The fourth-order valence-corrected chi connectivity index (χ4v) is 2.11. The average molecular weight is 287 g/mol. The molecule has 1 nitrogen and oxygen atoms in total. The smallest absolute Gasteiger partial charge is 0.293 e. The number of halogens is 4. The SMILES string of the molecule is CC1C(=O)C(c2ccc(Cl)cc2)=CC=C1C(F)(F)F. The van der Waals surface area contributed by atoms with E-state index in [9.17, 15) is 18.0 Å². The molecular weight excluding hydrogens is 277 g/mol. The third-order valence-electron chi connectivity index (χ3n) is 3.04. The summed E-state index contributed by atoms with van der Waals surface area (Å²) in [6, 6.07) is 6.42. The Hall–Kier alpha value is -1.55. The Balaban J connectivity index is 2.43. The molecule has 19 heavy (non-hydrogen) atoms. The molecule has 0 saturated heterocycles. The number of carbonyl (C=O) groups excluding carboxylic acids is 1. The summed E-state index contributed by atoms with van der Waals surface area (Å²) >= 11 is 5.73. The van der Waals surface area contributed by atoms with Crippen molar-refractivity contribution in [3.63, 3.8) is 0 Å². The van der Waals surface area contributed by atoms with E-state index in [1.54, 1.807) is 24.3 Å². The van der Waals surface area contributed by atoms with Gasteiger partial charge in [-0.3, -0.25) is 4.79 Å². The van der Waals surface area contributed by atoms with Gasteiger partial charge in [0.15, 0.2) is 5.78 Å². The van der Waals surface area contributed by atoms with Crippen LogP contribution in [0.3, 0.4) is 0 Å². The van der Waals surface area contributed by atoms with Crippen LogP contribution in [-0.2, 0) is 4.79 Å². The maximum Gasteiger partial charge on any atom is 0.413 e. The van der Waals surface area contributed by atoms with E-state index in [1.807, 2.05) is 0 Å². The fourth-order valence-electron chi connectivity index (χ4n) is 1.98. The lowest BCUT2D eigenvalue weighted by molar-refractivity contribution is -0.123. The van der Waals surface area contributed by atoms with Crippen molar-refractivity contribution in [1.29, 1.82) is 0 Å². The van der Waals surface area contributed by atoms with E-state index in [2.05, 4.69) is 0 Å². The maximum absolute atomic E-state index is 12.7. The topological polar surface area (TPSA) is 17.1 Å². The molecule has 1 aliphatic carbocycles. The molecule has 1 aromatic carbocycles. The van der Waals surface area contributed by atoms with Crippen molar-refractivity contribution in [2.24, 2.45) is 5.92 Å². The largest absolute Gasteiger partial charge is 0.413 e. The van der Waals surface area contributed by atoms with Crippen LogP contribution in [-0.4, -0.2) is 12.0 Å². The summed E-state index contributed by atoms with van der Waals surface area (Å²) in [6.45, 7) is 1.27. The van der Waals surface area contributed by atoms with Crippen LogP contribution >= 0.6 is 11.6 Å². The Bertz CT molecular complexity index is 567. The second kappa shape index (κ2) is 4.85. The summed E-state index contributed by atoms with van der Waals surface area (Å²) in [5.41, 5.74) is 0.0334. The van der Waals surface area contributed by atoms with E-state index in [1.165, 1.54) is 13.0 Å². The van der Waals surface area contributed by atoms with Gasteiger partial charge < -0.3 is 0 Å². The number of Topliss-reactive ketones (excluding diaryl/α,β-unsaturated/α-hetero) is 1. The fraction of sp³-hybridized carbons (Fsp3) is 0.214. The van der Waals surface area contributed by atoms with Gasteiger partial charge in [0.1, 0.15) is 0 Å². The van der Waals surface area contributed by atoms with Crippen LogP contribution in [0.5, 0.6) is 0 Å².